The molecule has 1 saturated carbocycles. The topological polar surface area (TPSA) is 36.4 Å². The summed E-state index contributed by atoms with van der Waals surface area (Å²) in [4.78, 5) is 4.31. The zero-order valence-corrected chi connectivity index (χ0v) is 15.1. The van der Waals surface area contributed by atoms with Crippen molar-refractivity contribution in [3.8, 4) is 0 Å². The number of guanidine groups is 1. The Bertz CT molecular complexity index is 431. The summed E-state index contributed by atoms with van der Waals surface area (Å²) in [7, 11) is 1.84. The van der Waals surface area contributed by atoms with Crippen molar-refractivity contribution >= 4 is 29.9 Å². The molecule has 0 amide bonds. The smallest absolute Gasteiger partial charge is 0.191 e. The molecule has 0 saturated heterocycles. The monoisotopic (exact) mass is 387 g/mol. The summed E-state index contributed by atoms with van der Waals surface area (Å²) in [5.74, 6) is 2.15. The predicted molar refractivity (Wildman–Crippen MR) is 96.9 cm³/mol. The second-order valence-electron chi connectivity index (χ2n) is 5.75. The SMILES string of the molecule is CN=C(NC(C)C(C)C)NC1CC1c1ccccc1.I. The third kappa shape index (κ3) is 4.65. The van der Waals surface area contributed by atoms with Gasteiger partial charge in [-0.05, 0) is 24.8 Å². The van der Waals surface area contributed by atoms with E-state index in [0.717, 1.165) is 5.96 Å². The minimum atomic E-state index is 0. The number of rotatable bonds is 4. The third-order valence-corrected chi connectivity index (χ3v) is 3.93. The summed E-state index contributed by atoms with van der Waals surface area (Å²) >= 11 is 0. The highest BCUT2D eigenvalue weighted by molar-refractivity contribution is 14.0. The van der Waals surface area contributed by atoms with Crippen LogP contribution in [0.25, 0.3) is 0 Å². The van der Waals surface area contributed by atoms with Crippen molar-refractivity contribution in [3.63, 3.8) is 0 Å². The molecule has 1 aromatic rings. The van der Waals surface area contributed by atoms with Crippen LogP contribution in [-0.4, -0.2) is 25.1 Å². The van der Waals surface area contributed by atoms with Crippen LogP contribution >= 0.6 is 24.0 Å². The van der Waals surface area contributed by atoms with Gasteiger partial charge in [0.25, 0.3) is 0 Å². The summed E-state index contributed by atoms with van der Waals surface area (Å²) in [6, 6.07) is 11.7. The van der Waals surface area contributed by atoms with Crippen molar-refractivity contribution in [2.24, 2.45) is 10.9 Å². The number of aliphatic imine (C=N–C) groups is 1. The molecule has 112 valence electrons. The van der Waals surface area contributed by atoms with E-state index in [0.29, 0.717) is 23.9 Å². The lowest BCUT2D eigenvalue weighted by Crippen LogP contribution is -2.45. The normalized spacial score (nSPS) is 22.9. The average molecular weight is 387 g/mol. The Morgan fingerprint density at radius 1 is 1.20 bits per heavy atom. The highest BCUT2D eigenvalue weighted by atomic mass is 127. The molecule has 3 nitrogen and oxygen atoms in total. The van der Waals surface area contributed by atoms with E-state index >= 15 is 0 Å². The lowest BCUT2D eigenvalue weighted by Gasteiger charge is -2.20. The van der Waals surface area contributed by atoms with Crippen LogP contribution in [0.4, 0.5) is 0 Å². The van der Waals surface area contributed by atoms with Gasteiger partial charge in [0.2, 0.25) is 0 Å². The van der Waals surface area contributed by atoms with E-state index < -0.39 is 0 Å². The van der Waals surface area contributed by atoms with Crippen molar-refractivity contribution in [2.75, 3.05) is 7.05 Å². The highest BCUT2D eigenvalue weighted by Gasteiger charge is 2.38. The number of hydrogen-bond donors (Lipinski definition) is 2. The first-order chi connectivity index (χ1) is 9.11. The maximum Gasteiger partial charge on any atom is 0.191 e. The van der Waals surface area contributed by atoms with E-state index in [9.17, 15) is 0 Å². The quantitative estimate of drug-likeness (QED) is 0.472. The van der Waals surface area contributed by atoms with Crippen LogP contribution in [-0.2, 0) is 0 Å². The van der Waals surface area contributed by atoms with E-state index in [1.54, 1.807) is 0 Å². The molecule has 0 bridgehead atoms. The number of hydrogen-bond acceptors (Lipinski definition) is 1. The minimum Gasteiger partial charge on any atom is -0.354 e. The van der Waals surface area contributed by atoms with Gasteiger partial charge in [-0.1, -0.05) is 44.2 Å². The van der Waals surface area contributed by atoms with Gasteiger partial charge in [-0.2, -0.15) is 0 Å². The standard InChI is InChI=1S/C16H25N3.HI/c1-11(2)12(3)18-16(17-4)19-15-10-14(15)13-8-6-5-7-9-13;/h5-9,11-12,14-15H,10H2,1-4H3,(H2,17,18,19);1H. The molecule has 0 radical (unpaired) electrons. The lowest BCUT2D eigenvalue weighted by molar-refractivity contribution is 0.480. The fourth-order valence-electron chi connectivity index (χ4n) is 2.15. The molecule has 20 heavy (non-hydrogen) atoms. The molecule has 0 aliphatic heterocycles. The van der Waals surface area contributed by atoms with Crippen molar-refractivity contribution in [1.82, 2.24) is 10.6 Å². The number of halogens is 1. The third-order valence-electron chi connectivity index (χ3n) is 3.93. The maximum absolute atomic E-state index is 4.31. The predicted octanol–water partition coefficient (Wildman–Crippen LogP) is 3.37. The molecule has 4 heteroatoms. The van der Waals surface area contributed by atoms with E-state index in [1.165, 1.54) is 12.0 Å². The first kappa shape index (κ1) is 17.3. The first-order valence-electron chi connectivity index (χ1n) is 7.16. The Labute approximate surface area is 139 Å². The molecule has 0 aromatic heterocycles. The van der Waals surface area contributed by atoms with Gasteiger partial charge in [-0.25, -0.2) is 0 Å². The molecular weight excluding hydrogens is 361 g/mol. The Morgan fingerprint density at radius 3 is 2.40 bits per heavy atom. The Hall–Kier alpha value is -0.780. The van der Waals surface area contributed by atoms with Crippen molar-refractivity contribution < 1.29 is 0 Å². The molecule has 0 heterocycles. The molecule has 1 aliphatic carbocycles. The van der Waals surface area contributed by atoms with E-state index in [-0.39, 0.29) is 24.0 Å². The average Bonchev–Trinajstić information content (AvgIpc) is 3.18. The first-order valence-corrected chi connectivity index (χ1v) is 7.16. The fraction of sp³-hybridized carbons (Fsp3) is 0.562. The van der Waals surface area contributed by atoms with Crippen LogP contribution in [0.3, 0.4) is 0 Å². The van der Waals surface area contributed by atoms with Crippen LogP contribution < -0.4 is 10.6 Å². The van der Waals surface area contributed by atoms with Crippen molar-refractivity contribution in [2.45, 2.75) is 45.2 Å². The van der Waals surface area contributed by atoms with Gasteiger partial charge in [0, 0.05) is 25.0 Å². The van der Waals surface area contributed by atoms with Gasteiger partial charge >= 0.3 is 0 Å². The van der Waals surface area contributed by atoms with E-state index in [1.807, 2.05) is 7.05 Å². The minimum absolute atomic E-state index is 0. The number of benzene rings is 1. The molecule has 3 unspecified atom stereocenters. The van der Waals surface area contributed by atoms with Crippen LogP contribution in [0, 0.1) is 5.92 Å². The van der Waals surface area contributed by atoms with Crippen LogP contribution in [0.2, 0.25) is 0 Å². The summed E-state index contributed by atoms with van der Waals surface area (Å²) in [6.07, 6.45) is 1.20. The maximum atomic E-state index is 4.31. The molecule has 1 aliphatic rings. The second kappa shape index (κ2) is 7.86. The number of nitrogens with zero attached hydrogens (tertiary/aromatic N) is 1. The van der Waals surface area contributed by atoms with Gasteiger partial charge in [-0.15, -0.1) is 24.0 Å². The van der Waals surface area contributed by atoms with Crippen molar-refractivity contribution in [1.29, 1.82) is 0 Å². The summed E-state index contributed by atoms with van der Waals surface area (Å²) in [6.45, 7) is 6.63. The lowest BCUT2D eigenvalue weighted by atomic mass is 10.1. The van der Waals surface area contributed by atoms with Crippen LogP contribution in [0.1, 0.15) is 38.7 Å². The van der Waals surface area contributed by atoms with Crippen LogP contribution in [0.5, 0.6) is 0 Å². The zero-order valence-electron chi connectivity index (χ0n) is 12.8. The molecular formula is C16H26IN3. The fourth-order valence-corrected chi connectivity index (χ4v) is 2.15. The molecule has 2 N–H and O–H groups in total. The Balaban J connectivity index is 0.00000200. The van der Waals surface area contributed by atoms with Crippen molar-refractivity contribution in [3.05, 3.63) is 35.9 Å². The van der Waals surface area contributed by atoms with Gasteiger partial charge in [0.1, 0.15) is 0 Å². The van der Waals surface area contributed by atoms with Gasteiger partial charge < -0.3 is 10.6 Å². The summed E-state index contributed by atoms with van der Waals surface area (Å²) in [5, 5.41) is 6.96. The summed E-state index contributed by atoms with van der Waals surface area (Å²) in [5.41, 5.74) is 1.42. The molecule has 3 atom stereocenters. The largest absolute Gasteiger partial charge is 0.354 e. The number of nitrogens with one attached hydrogen (secondary N) is 2. The van der Waals surface area contributed by atoms with Gasteiger partial charge in [0.05, 0.1) is 0 Å². The Kier molecular flexibility index (Phi) is 6.79. The Morgan fingerprint density at radius 2 is 1.85 bits per heavy atom. The molecule has 1 fully saturated rings. The molecule has 2 rings (SSSR count). The summed E-state index contributed by atoms with van der Waals surface area (Å²) < 4.78 is 0. The van der Waals surface area contributed by atoms with Crippen LogP contribution in [0.15, 0.2) is 35.3 Å². The van der Waals surface area contributed by atoms with Gasteiger partial charge in [0.15, 0.2) is 5.96 Å². The second-order valence-corrected chi connectivity index (χ2v) is 5.75. The zero-order chi connectivity index (χ0) is 13.8. The van der Waals surface area contributed by atoms with E-state index in [4.69, 9.17) is 0 Å². The highest BCUT2D eigenvalue weighted by Crippen LogP contribution is 2.40. The van der Waals surface area contributed by atoms with Gasteiger partial charge in [-0.3, -0.25) is 4.99 Å². The molecule has 1 aromatic carbocycles. The molecule has 0 spiro atoms. The van der Waals surface area contributed by atoms with E-state index in [2.05, 4.69) is 66.7 Å².